The number of phenols is 1. The number of carboxylic acid groups (broad SMARTS) is 1. The molecule has 0 heterocycles. The molecule has 2 N–H and O–H groups in total. The lowest BCUT2D eigenvalue weighted by molar-refractivity contribution is -0.142. The molecule has 1 rings (SSSR count). The first-order chi connectivity index (χ1) is 17.9. The molecule has 220 valence electrons. The maximum absolute atomic E-state index is 12.0. The standard InChI is InChI=1S/C35H62O3/c1-8-9-10-11-12-13-14-15-16-17-18-19-20-21-22-23-24-29(33(37)38)25-28-26-30(34(2,3)4)32(31(36)27-28)35(5,6)7/h26-27,29,36H,8-25H2,1-7H3,(H,37,38). The molecule has 1 aromatic carbocycles. The predicted molar refractivity (Wildman–Crippen MR) is 164 cm³/mol. The molecule has 1 unspecified atom stereocenters. The highest BCUT2D eigenvalue weighted by Gasteiger charge is 2.29. The number of aliphatic carboxylic acids is 1. The van der Waals surface area contributed by atoms with Crippen LogP contribution < -0.4 is 0 Å². The number of hydrogen-bond acceptors (Lipinski definition) is 2. The minimum absolute atomic E-state index is 0.122. The molecule has 0 fully saturated rings. The fourth-order valence-electron chi connectivity index (χ4n) is 5.72. The van der Waals surface area contributed by atoms with Crippen molar-refractivity contribution in [3.8, 4) is 5.75 Å². The number of hydrogen-bond donors (Lipinski definition) is 2. The van der Waals surface area contributed by atoms with Crippen LogP contribution in [0.2, 0.25) is 0 Å². The minimum Gasteiger partial charge on any atom is -0.508 e. The van der Waals surface area contributed by atoms with E-state index in [1.165, 1.54) is 89.9 Å². The number of carboxylic acids is 1. The molecule has 0 spiro atoms. The number of aromatic hydroxyl groups is 1. The zero-order chi connectivity index (χ0) is 28.6. The van der Waals surface area contributed by atoms with Crippen LogP contribution in [-0.2, 0) is 22.0 Å². The summed E-state index contributed by atoms with van der Waals surface area (Å²) in [6, 6.07) is 3.95. The van der Waals surface area contributed by atoms with Crippen molar-refractivity contribution >= 4 is 5.97 Å². The summed E-state index contributed by atoms with van der Waals surface area (Å²) < 4.78 is 0. The van der Waals surface area contributed by atoms with Gasteiger partial charge in [0, 0.05) is 5.56 Å². The SMILES string of the molecule is CCCCCCCCCCCCCCCCCCC(Cc1cc(O)c(C(C)(C)C)c(C(C)(C)C)c1)C(=O)O. The Hall–Kier alpha value is -1.51. The van der Waals surface area contributed by atoms with Gasteiger partial charge in [0.25, 0.3) is 0 Å². The van der Waals surface area contributed by atoms with Crippen LogP contribution in [0.15, 0.2) is 12.1 Å². The summed E-state index contributed by atoms with van der Waals surface area (Å²) in [4.78, 5) is 12.0. The molecule has 3 nitrogen and oxygen atoms in total. The number of benzene rings is 1. The molecule has 3 heteroatoms. The fourth-order valence-corrected chi connectivity index (χ4v) is 5.72. The maximum Gasteiger partial charge on any atom is 0.306 e. The largest absolute Gasteiger partial charge is 0.508 e. The first-order valence-electron chi connectivity index (χ1n) is 16.0. The van der Waals surface area contributed by atoms with E-state index in [4.69, 9.17) is 0 Å². The molecule has 0 aliphatic rings. The summed E-state index contributed by atoms with van der Waals surface area (Å²) >= 11 is 0. The molecule has 0 bridgehead atoms. The Morgan fingerprint density at radius 2 is 1.11 bits per heavy atom. The highest BCUT2D eigenvalue weighted by Crippen LogP contribution is 2.40. The quantitative estimate of drug-likeness (QED) is 0.165. The summed E-state index contributed by atoms with van der Waals surface area (Å²) in [5.41, 5.74) is 2.72. The Bertz CT molecular complexity index is 782. The van der Waals surface area contributed by atoms with Gasteiger partial charge in [-0.15, -0.1) is 0 Å². The van der Waals surface area contributed by atoms with Gasteiger partial charge in [0.1, 0.15) is 5.75 Å². The lowest BCUT2D eigenvalue weighted by atomic mass is 9.73. The predicted octanol–water partition coefficient (Wildman–Crippen LogP) is 10.9. The van der Waals surface area contributed by atoms with Crippen LogP contribution in [0.4, 0.5) is 0 Å². The zero-order valence-corrected chi connectivity index (χ0v) is 26.3. The van der Waals surface area contributed by atoms with Crippen LogP contribution in [0, 0.1) is 5.92 Å². The van der Waals surface area contributed by atoms with Gasteiger partial charge in [0.05, 0.1) is 5.92 Å². The van der Waals surface area contributed by atoms with Crippen LogP contribution in [0.1, 0.15) is 174 Å². The smallest absolute Gasteiger partial charge is 0.306 e. The molecule has 0 aliphatic carbocycles. The van der Waals surface area contributed by atoms with E-state index < -0.39 is 11.9 Å². The van der Waals surface area contributed by atoms with Gasteiger partial charge in [-0.2, -0.15) is 0 Å². The molecule has 0 radical (unpaired) electrons. The van der Waals surface area contributed by atoms with E-state index in [2.05, 4.69) is 54.5 Å². The van der Waals surface area contributed by atoms with E-state index in [1.54, 1.807) is 6.07 Å². The van der Waals surface area contributed by atoms with Crippen molar-refractivity contribution < 1.29 is 15.0 Å². The normalized spacial score (nSPS) is 13.1. The van der Waals surface area contributed by atoms with E-state index >= 15 is 0 Å². The first-order valence-corrected chi connectivity index (χ1v) is 16.0. The van der Waals surface area contributed by atoms with E-state index in [-0.39, 0.29) is 10.8 Å². The summed E-state index contributed by atoms with van der Waals surface area (Å²) in [6.07, 6.45) is 22.4. The van der Waals surface area contributed by atoms with Crippen molar-refractivity contribution in [2.75, 3.05) is 0 Å². The molecule has 0 saturated carbocycles. The van der Waals surface area contributed by atoms with Crippen LogP contribution in [0.25, 0.3) is 0 Å². The van der Waals surface area contributed by atoms with Crippen molar-refractivity contribution in [3.63, 3.8) is 0 Å². The van der Waals surface area contributed by atoms with Gasteiger partial charge in [-0.05, 0) is 40.9 Å². The van der Waals surface area contributed by atoms with Gasteiger partial charge < -0.3 is 10.2 Å². The van der Waals surface area contributed by atoms with Crippen LogP contribution in [0.3, 0.4) is 0 Å². The van der Waals surface area contributed by atoms with Gasteiger partial charge in [-0.1, -0.05) is 157 Å². The summed E-state index contributed by atoms with van der Waals surface area (Å²) in [5, 5.41) is 20.8. The van der Waals surface area contributed by atoms with Crippen LogP contribution in [-0.4, -0.2) is 16.2 Å². The highest BCUT2D eigenvalue weighted by atomic mass is 16.4. The van der Waals surface area contributed by atoms with Crippen molar-refractivity contribution in [3.05, 3.63) is 28.8 Å². The number of phenolic OH excluding ortho intramolecular Hbond substituents is 1. The summed E-state index contributed by atoms with van der Waals surface area (Å²) in [7, 11) is 0. The molecule has 1 atom stereocenters. The fraction of sp³-hybridized carbons (Fsp3) is 0.800. The molecule has 1 aromatic rings. The second-order valence-electron chi connectivity index (χ2n) is 13.9. The van der Waals surface area contributed by atoms with E-state index in [0.717, 1.165) is 29.5 Å². The first kappa shape index (κ1) is 34.5. The Balaban J connectivity index is 2.34. The molecular formula is C35H62O3. The lowest BCUT2D eigenvalue weighted by Gasteiger charge is -2.31. The Morgan fingerprint density at radius 1 is 0.684 bits per heavy atom. The Morgan fingerprint density at radius 3 is 1.47 bits per heavy atom. The second-order valence-corrected chi connectivity index (χ2v) is 13.9. The third-order valence-corrected chi connectivity index (χ3v) is 7.97. The Kier molecular flexibility index (Phi) is 16.3. The number of rotatable bonds is 20. The van der Waals surface area contributed by atoms with Crippen molar-refractivity contribution in [1.29, 1.82) is 0 Å². The Labute approximate surface area is 236 Å². The van der Waals surface area contributed by atoms with Gasteiger partial charge in [0.15, 0.2) is 0 Å². The topological polar surface area (TPSA) is 57.5 Å². The molecule has 0 amide bonds. The van der Waals surface area contributed by atoms with E-state index in [1.807, 2.05) is 0 Å². The van der Waals surface area contributed by atoms with Crippen LogP contribution >= 0.6 is 0 Å². The van der Waals surface area contributed by atoms with Gasteiger partial charge >= 0.3 is 5.97 Å². The number of unbranched alkanes of at least 4 members (excludes halogenated alkanes) is 15. The third-order valence-electron chi connectivity index (χ3n) is 7.97. The van der Waals surface area contributed by atoms with Crippen molar-refractivity contribution in [2.45, 2.75) is 175 Å². The third kappa shape index (κ3) is 14.0. The van der Waals surface area contributed by atoms with Crippen molar-refractivity contribution in [2.24, 2.45) is 5.92 Å². The molecule has 0 aliphatic heterocycles. The highest BCUT2D eigenvalue weighted by molar-refractivity contribution is 5.70. The maximum atomic E-state index is 12.0. The summed E-state index contributed by atoms with van der Waals surface area (Å²) in [5.74, 6) is -0.816. The van der Waals surface area contributed by atoms with Crippen LogP contribution in [0.5, 0.6) is 5.75 Å². The van der Waals surface area contributed by atoms with E-state index in [9.17, 15) is 15.0 Å². The van der Waals surface area contributed by atoms with Gasteiger partial charge in [0.2, 0.25) is 0 Å². The van der Waals surface area contributed by atoms with Gasteiger partial charge in [-0.3, -0.25) is 4.79 Å². The van der Waals surface area contributed by atoms with Crippen molar-refractivity contribution in [1.82, 2.24) is 0 Å². The minimum atomic E-state index is -0.720. The molecule has 38 heavy (non-hydrogen) atoms. The average molecular weight is 531 g/mol. The average Bonchev–Trinajstić information content (AvgIpc) is 2.81. The van der Waals surface area contributed by atoms with Gasteiger partial charge in [-0.25, -0.2) is 0 Å². The van der Waals surface area contributed by atoms with E-state index in [0.29, 0.717) is 18.6 Å². The molecular weight excluding hydrogens is 468 g/mol. The number of carbonyl (C=O) groups is 1. The molecule has 0 aromatic heterocycles. The monoisotopic (exact) mass is 530 g/mol. The zero-order valence-electron chi connectivity index (χ0n) is 26.3. The summed E-state index contributed by atoms with van der Waals surface area (Å²) in [6.45, 7) is 15.1. The second kappa shape index (κ2) is 18.0. The molecule has 0 saturated heterocycles. The lowest BCUT2D eigenvalue weighted by Crippen LogP contribution is -2.23.